The number of nitrogens with zero attached hydrogens (tertiary/aromatic N) is 6. The predicted octanol–water partition coefficient (Wildman–Crippen LogP) is 4.29. The average Bonchev–Trinajstić information content (AvgIpc) is 3.02. The van der Waals surface area contributed by atoms with Crippen LogP contribution in [0.15, 0.2) is 66.9 Å². The van der Waals surface area contributed by atoms with Gasteiger partial charge in [-0.2, -0.15) is 8.70 Å². The van der Waals surface area contributed by atoms with Crippen LogP contribution in [0.1, 0.15) is 22.5 Å². The van der Waals surface area contributed by atoms with Crippen molar-refractivity contribution in [1.82, 2.24) is 24.2 Å². The fraction of sp³-hybridized carbons (Fsp3) is 0.344. The van der Waals surface area contributed by atoms with Gasteiger partial charge in [-0.15, -0.1) is 0 Å². The van der Waals surface area contributed by atoms with Crippen LogP contribution in [0.25, 0.3) is 11.3 Å². The number of rotatable bonds is 11. The predicted molar refractivity (Wildman–Crippen MR) is 168 cm³/mol. The minimum Gasteiger partial charge on any atom is -0.497 e. The van der Waals surface area contributed by atoms with E-state index in [2.05, 4.69) is 19.8 Å². The number of benzene rings is 2. The molecule has 44 heavy (non-hydrogen) atoms. The smallest absolute Gasteiger partial charge is 0.222 e. The molecule has 1 fully saturated rings. The van der Waals surface area contributed by atoms with E-state index in [1.54, 1.807) is 33.3 Å². The first kappa shape index (κ1) is 31.3. The summed E-state index contributed by atoms with van der Waals surface area (Å²) in [6.07, 6.45) is 2.75. The third kappa shape index (κ3) is 7.87. The Bertz CT molecular complexity index is 1630. The Labute approximate surface area is 258 Å². The van der Waals surface area contributed by atoms with Gasteiger partial charge >= 0.3 is 0 Å². The van der Waals surface area contributed by atoms with E-state index in [0.717, 1.165) is 28.2 Å². The first-order chi connectivity index (χ1) is 21.1. The number of anilines is 1. The molecule has 2 aromatic heterocycles. The van der Waals surface area contributed by atoms with E-state index in [-0.39, 0.29) is 5.56 Å². The van der Waals surface area contributed by atoms with Crippen molar-refractivity contribution >= 4 is 15.8 Å². The Hall–Kier alpha value is -4.13. The number of pyridine rings is 1. The van der Waals surface area contributed by atoms with Crippen LogP contribution < -0.4 is 14.4 Å². The second-order valence-electron chi connectivity index (χ2n) is 10.8. The largest absolute Gasteiger partial charge is 0.497 e. The lowest BCUT2D eigenvalue weighted by Gasteiger charge is -2.33. The molecule has 232 valence electrons. The lowest BCUT2D eigenvalue weighted by Crippen LogP contribution is -2.47. The summed E-state index contributed by atoms with van der Waals surface area (Å²) in [5.41, 5.74) is 3.67. The highest BCUT2D eigenvalue weighted by Gasteiger charge is 2.24. The number of sulfonamides is 1. The number of aryl methyl sites for hydroxylation is 1. The third-order valence-corrected chi connectivity index (χ3v) is 8.89. The molecule has 3 heterocycles. The van der Waals surface area contributed by atoms with Crippen molar-refractivity contribution < 1.29 is 22.3 Å². The van der Waals surface area contributed by atoms with E-state index >= 15 is 4.39 Å². The monoisotopic (exact) mass is 620 g/mol. The van der Waals surface area contributed by atoms with E-state index in [1.165, 1.54) is 16.8 Å². The molecular weight excluding hydrogens is 583 g/mol. The van der Waals surface area contributed by atoms with Gasteiger partial charge in [0.1, 0.15) is 23.1 Å². The molecule has 0 spiro atoms. The number of ether oxygens (including phenoxy) is 2. The summed E-state index contributed by atoms with van der Waals surface area (Å²) < 4.78 is 51.1. The SMILES string of the molecule is COc1ccc(CN(Cc2ccc(OC)cc2)c2cc(-c3cc(CN4CCN(S(C)(=O)=O)CC4)cnc3F)nc(C)n2)cc1. The maximum atomic E-state index is 15.2. The van der Waals surface area contributed by atoms with Gasteiger partial charge in [0.25, 0.3) is 0 Å². The summed E-state index contributed by atoms with van der Waals surface area (Å²) in [4.78, 5) is 17.7. The molecule has 10 nitrogen and oxygen atoms in total. The van der Waals surface area contributed by atoms with Crippen molar-refractivity contribution in [2.45, 2.75) is 26.6 Å². The summed E-state index contributed by atoms with van der Waals surface area (Å²) in [6.45, 7) is 5.43. The molecule has 0 radical (unpaired) electrons. The minimum absolute atomic E-state index is 0.290. The second-order valence-corrected chi connectivity index (χ2v) is 12.8. The highest BCUT2D eigenvalue weighted by Crippen LogP contribution is 2.28. The Morgan fingerprint density at radius 3 is 1.93 bits per heavy atom. The standard InChI is InChI=1S/C32H37FN6O4S/c1-23-35-30(29-17-26(19-34-32(29)33)20-37-13-15-39(16-14-37)44(4,40)41)18-31(36-23)38(21-24-5-9-27(42-2)10-6-24)22-25-7-11-28(43-3)12-8-25/h5-12,17-19H,13-16,20-22H2,1-4H3. The normalized spacial score (nSPS) is 14.4. The molecule has 1 aliphatic rings. The Morgan fingerprint density at radius 1 is 0.841 bits per heavy atom. The zero-order valence-electron chi connectivity index (χ0n) is 25.4. The summed E-state index contributed by atoms with van der Waals surface area (Å²) in [5, 5.41) is 0. The summed E-state index contributed by atoms with van der Waals surface area (Å²) >= 11 is 0. The highest BCUT2D eigenvalue weighted by molar-refractivity contribution is 7.88. The fourth-order valence-electron chi connectivity index (χ4n) is 5.21. The lowest BCUT2D eigenvalue weighted by molar-refractivity contribution is 0.182. The molecule has 12 heteroatoms. The first-order valence-corrected chi connectivity index (χ1v) is 16.1. The fourth-order valence-corrected chi connectivity index (χ4v) is 6.03. The van der Waals surface area contributed by atoms with Crippen LogP contribution in [0.3, 0.4) is 0 Å². The van der Waals surface area contributed by atoms with Crippen molar-refractivity contribution in [1.29, 1.82) is 0 Å². The van der Waals surface area contributed by atoms with Crippen molar-refractivity contribution in [3.63, 3.8) is 0 Å². The molecule has 0 N–H and O–H groups in total. The Balaban J connectivity index is 1.42. The minimum atomic E-state index is -3.22. The summed E-state index contributed by atoms with van der Waals surface area (Å²) in [7, 11) is 0.0571. The topological polar surface area (TPSA) is 101 Å². The van der Waals surface area contributed by atoms with Gasteiger partial charge in [0, 0.05) is 58.1 Å². The average molecular weight is 621 g/mol. The lowest BCUT2D eigenvalue weighted by atomic mass is 10.1. The molecular formula is C32H37FN6O4S. The van der Waals surface area contributed by atoms with Gasteiger partial charge in [-0.3, -0.25) is 4.90 Å². The Kier molecular flexibility index (Phi) is 9.72. The molecule has 0 aliphatic carbocycles. The third-order valence-electron chi connectivity index (χ3n) is 7.59. The molecule has 1 saturated heterocycles. The molecule has 2 aromatic carbocycles. The molecule has 0 amide bonds. The van der Waals surface area contributed by atoms with Crippen LogP contribution in [0, 0.1) is 12.9 Å². The maximum absolute atomic E-state index is 15.2. The molecule has 0 bridgehead atoms. The summed E-state index contributed by atoms with van der Waals surface area (Å²) in [5.74, 6) is 2.09. The van der Waals surface area contributed by atoms with Gasteiger partial charge in [0.15, 0.2) is 0 Å². The van der Waals surface area contributed by atoms with Crippen molar-refractivity contribution in [2.75, 3.05) is 51.6 Å². The van der Waals surface area contributed by atoms with Gasteiger partial charge in [0.2, 0.25) is 16.0 Å². The molecule has 0 atom stereocenters. The number of piperazine rings is 1. The highest BCUT2D eigenvalue weighted by atomic mass is 32.2. The van der Waals surface area contributed by atoms with Crippen molar-refractivity contribution in [2.24, 2.45) is 0 Å². The van der Waals surface area contributed by atoms with E-state index in [0.29, 0.717) is 63.1 Å². The zero-order valence-corrected chi connectivity index (χ0v) is 26.2. The second kappa shape index (κ2) is 13.7. The zero-order chi connectivity index (χ0) is 31.3. The maximum Gasteiger partial charge on any atom is 0.222 e. The van der Waals surface area contributed by atoms with Gasteiger partial charge in [0.05, 0.1) is 31.7 Å². The molecule has 5 rings (SSSR count). The van der Waals surface area contributed by atoms with Gasteiger partial charge in [-0.1, -0.05) is 24.3 Å². The summed E-state index contributed by atoms with van der Waals surface area (Å²) in [6, 6.07) is 19.3. The van der Waals surface area contributed by atoms with Crippen LogP contribution >= 0.6 is 0 Å². The number of halogens is 1. The van der Waals surface area contributed by atoms with Crippen LogP contribution in [-0.4, -0.2) is 79.2 Å². The van der Waals surface area contributed by atoms with Crippen molar-refractivity contribution in [3.05, 3.63) is 95.3 Å². The quantitative estimate of drug-likeness (QED) is 0.227. The number of hydrogen-bond donors (Lipinski definition) is 0. The van der Waals surface area contributed by atoms with E-state index in [1.807, 2.05) is 48.5 Å². The van der Waals surface area contributed by atoms with Crippen LogP contribution in [0.4, 0.5) is 10.2 Å². The van der Waals surface area contributed by atoms with E-state index < -0.39 is 16.0 Å². The Morgan fingerprint density at radius 2 is 1.41 bits per heavy atom. The van der Waals surface area contributed by atoms with Crippen molar-refractivity contribution in [3.8, 4) is 22.8 Å². The van der Waals surface area contributed by atoms with Gasteiger partial charge < -0.3 is 14.4 Å². The molecule has 0 unspecified atom stereocenters. The first-order valence-electron chi connectivity index (χ1n) is 14.3. The van der Waals surface area contributed by atoms with Gasteiger partial charge in [-0.05, 0) is 53.9 Å². The number of methoxy groups -OCH3 is 2. The van der Waals surface area contributed by atoms with Crippen LogP contribution in [0.2, 0.25) is 0 Å². The molecule has 4 aromatic rings. The number of aromatic nitrogens is 3. The number of hydrogen-bond acceptors (Lipinski definition) is 9. The molecule has 0 saturated carbocycles. The van der Waals surface area contributed by atoms with E-state index in [9.17, 15) is 8.42 Å². The van der Waals surface area contributed by atoms with Crippen LogP contribution in [0.5, 0.6) is 11.5 Å². The van der Waals surface area contributed by atoms with Crippen LogP contribution in [-0.2, 0) is 29.7 Å². The molecule has 1 aliphatic heterocycles. The van der Waals surface area contributed by atoms with E-state index in [4.69, 9.17) is 14.5 Å². The van der Waals surface area contributed by atoms with Gasteiger partial charge in [-0.25, -0.2) is 23.4 Å².